The van der Waals surface area contributed by atoms with E-state index in [0.29, 0.717) is 30.3 Å². The molecule has 0 spiro atoms. The fourth-order valence-electron chi connectivity index (χ4n) is 1.36. The largest absolute Gasteiger partial charge is 0.486 e. The number of aliphatic hydroxyl groups is 1. The molecule has 1 unspecified atom stereocenters. The van der Waals surface area contributed by atoms with Crippen molar-refractivity contribution in [3.05, 3.63) is 23.8 Å². The lowest BCUT2D eigenvalue weighted by Gasteiger charge is -2.19. The molecular weight excluding hydrogens is 187 g/mol. The summed E-state index contributed by atoms with van der Waals surface area (Å²) in [5.74, 6) is 1.22. The van der Waals surface area contributed by atoms with Gasteiger partial charge in [-0.15, -0.1) is 0 Å². The zero-order valence-corrected chi connectivity index (χ0v) is 7.57. The quantitative estimate of drug-likeness (QED) is 0.781. The first-order valence-electron chi connectivity index (χ1n) is 4.45. The van der Waals surface area contributed by atoms with E-state index in [1.165, 1.54) is 0 Å². The van der Waals surface area contributed by atoms with Crippen molar-refractivity contribution in [1.29, 1.82) is 0 Å². The molecule has 0 saturated carbocycles. The maximum Gasteiger partial charge on any atom is 0.161 e. The Balaban J connectivity index is 2.29. The van der Waals surface area contributed by atoms with Crippen molar-refractivity contribution in [1.82, 2.24) is 0 Å². The second-order valence-corrected chi connectivity index (χ2v) is 3.07. The van der Waals surface area contributed by atoms with E-state index in [9.17, 15) is 9.50 Å². The Hall–Kier alpha value is -1.29. The van der Waals surface area contributed by atoms with Crippen molar-refractivity contribution in [3.8, 4) is 11.5 Å². The van der Waals surface area contributed by atoms with Gasteiger partial charge in [-0.3, -0.25) is 0 Å². The van der Waals surface area contributed by atoms with Gasteiger partial charge in [0, 0.05) is 0 Å². The number of benzene rings is 1. The normalized spacial score (nSPS) is 16.4. The first-order chi connectivity index (χ1) is 6.81. The first kappa shape index (κ1) is 9.27. The maximum absolute atomic E-state index is 12.2. The molecule has 14 heavy (non-hydrogen) atoms. The molecule has 1 aliphatic heterocycles. The minimum absolute atomic E-state index is 0.488. The molecule has 0 radical (unpaired) electrons. The van der Waals surface area contributed by atoms with Crippen molar-refractivity contribution in [2.45, 2.75) is 6.10 Å². The van der Waals surface area contributed by atoms with Gasteiger partial charge in [-0.05, 0) is 17.7 Å². The second kappa shape index (κ2) is 3.84. The van der Waals surface area contributed by atoms with Crippen LogP contribution in [0.2, 0.25) is 0 Å². The van der Waals surface area contributed by atoms with E-state index in [2.05, 4.69) is 0 Å². The van der Waals surface area contributed by atoms with Gasteiger partial charge in [-0.1, -0.05) is 6.07 Å². The van der Waals surface area contributed by atoms with Gasteiger partial charge >= 0.3 is 0 Å². The number of aliphatic hydroxyl groups excluding tert-OH is 1. The van der Waals surface area contributed by atoms with Crippen LogP contribution in [0.25, 0.3) is 0 Å². The van der Waals surface area contributed by atoms with Gasteiger partial charge in [-0.25, -0.2) is 4.39 Å². The van der Waals surface area contributed by atoms with E-state index in [4.69, 9.17) is 9.47 Å². The first-order valence-corrected chi connectivity index (χ1v) is 4.45. The highest BCUT2D eigenvalue weighted by molar-refractivity contribution is 5.44. The molecular formula is C10H11FO3. The van der Waals surface area contributed by atoms with Crippen molar-refractivity contribution in [2.75, 3.05) is 19.9 Å². The molecule has 0 amide bonds. The molecule has 0 saturated heterocycles. The fourth-order valence-corrected chi connectivity index (χ4v) is 1.36. The van der Waals surface area contributed by atoms with Crippen LogP contribution in [0, 0.1) is 0 Å². The summed E-state index contributed by atoms with van der Waals surface area (Å²) in [5.41, 5.74) is 0.511. The minimum atomic E-state index is -1.08. The molecule has 1 atom stereocenters. The monoisotopic (exact) mass is 198 g/mol. The summed E-state index contributed by atoms with van der Waals surface area (Å²) >= 11 is 0. The average molecular weight is 198 g/mol. The third-order valence-electron chi connectivity index (χ3n) is 2.10. The topological polar surface area (TPSA) is 38.7 Å². The van der Waals surface area contributed by atoms with Gasteiger partial charge in [-0.2, -0.15) is 0 Å². The van der Waals surface area contributed by atoms with Gasteiger partial charge in [0.15, 0.2) is 11.5 Å². The maximum atomic E-state index is 12.2. The molecule has 3 nitrogen and oxygen atoms in total. The lowest BCUT2D eigenvalue weighted by atomic mass is 10.1. The van der Waals surface area contributed by atoms with E-state index in [1.807, 2.05) is 0 Å². The van der Waals surface area contributed by atoms with E-state index in [-0.39, 0.29) is 0 Å². The van der Waals surface area contributed by atoms with E-state index < -0.39 is 12.8 Å². The number of rotatable bonds is 2. The number of hydrogen-bond acceptors (Lipinski definition) is 3. The average Bonchev–Trinajstić information content (AvgIpc) is 2.27. The molecule has 1 heterocycles. The van der Waals surface area contributed by atoms with Crippen LogP contribution in [0.15, 0.2) is 18.2 Å². The molecule has 0 bridgehead atoms. The molecule has 76 valence electrons. The number of hydrogen-bond donors (Lipinski definition) is 1. The molecule has 2 rings (SSSR count). The minimum Gasteiger partial charge on any atom is -0.486 e. The van der Waals surface area contributed by atoms with Crippen LogP contribution in [-0.2, 0) is 0 Å². The molecule has 1 aromatic carbocycles. The second-order valence-electron chi connectivity index (χ2n) is 3.07. The summed E-state index contributed by atoms with van der Waals surface area (Å²) in [4.78, 5) is 0. The number of alkyl halides is 1. The van der Waals surface area contributed by atoms with Crippen molar-refractivity contribution in [3.63, 3.8) is 0 Å². The Kier molecular flexibility index (Phi) is 2.54. The van der Waals surface area contributed by atoms with E-state index in [0.717, 1.165) is 0 Å². The van der Waals surface area contributed by atoms with Gasteiger partial charge in [0.25, 0.3) is 0 Å². The van der Waals surface area contributed by atoms with Crippen LogP contribution >= 0.6 is 0 Å². The molecule has 1 aliphatic rings. The smallest absolute Gasteiger partial charge is 0.161 e. The highest BCUT2D eigenvalue weighted by Gasteiger charge is 2.14. The van der Waals surface area contributed by atoms with Crippen LogP contribution in [0.3, 0.4) is 0 Å². The van der Waals surface area contributed by atoms with Gasteiger partial charge in [0.05, 0.1) is 0 Å². The van der Waals surface area contributed by atoms with Gasteiger partial charge < -0.3 is 14.6 Å². The summed E-state index contributed by atoms with van der Waals surface area (Å²) in [6.07, 6.45) is -1.08. The summed E-state index contributed by atoms with van der Waals surface area (Å²) in [6.45, 7) is 0.222. The Morgan fingerprint density at radius 2 is 2.00 bits per heavy atom. The highest BCUT2D eigenvalue weighted by Crippen LogP contribution is 2.32. The predicted molar refractivity (Wildman–Crippen MR) is 48.4 cm³/mol. The Morgan fingerprint density at radius 3 is 2.71 bits per heavy atom. The molecule has 1 aromatic rings. The zero-order valence-electron chi connectivity index (χ0n) is 7.57. The highest BCUT2D eigenvalue weighted by atomic mass is 19.1. The third-order valence-corrected chi connectivity index (χ3v) is 2.10. The molecule has 0 aliphatic carbocycles. The summed E-state index contributed by atoms with van der Waals surface area (Å²) < 4.78 is 22.8. The van der Waals surface area contributed by atoms with Gasteiger partial charge in [0.2, 0.25) is 0 Å². The number of fused-ring (bicyclic) bond motifs is 1. The van der Waals surface area contributed by atoms with Crippen LogP contribution in [0.1, 0.15) is 11.7 Å². The van der Waals surface area contributed by atoms with Crippen LogP contribution in [0.4, 0.5) is 4.39 Å². The van der Waals surface area contributed by atoms with Crippen molar-refractivity contribution in [2.24, 2.45) is 0 Å². The predicted octanol–water partition coefficient (Wildman–Crippen LogP) is 1.46. The third kappa shape index (κ3) is 1.65. The molecule has 1 N–H and O–H groups in total. The van der Waals surface area contributed by atoms with Crippen LogP contribution in [-0.4, -0.2) is 25.0 Å². The standard InChI is InChI=1S/C10H11FO3/c11-6-8(12)7-1-2-9-10(5-7)14-4-3-13-9/h1-2,5,8,12H,3-4,6H2. The number of ether oxygens (including phenoxy) is 2. The molecule has 0 aromatic heterocycles. The van der Waals surface area contributed by atoms with E-state index in [1.54, 1.807) is 18.2 Å². The Bertz CT molecular complexity index is 327. The lowest BCUT2D eigenvalue weighted by Crippen LogP contribution is -2.15. The van der Waals surface area contributed by atoms with Crippen LogP contribution < -0.4 is 9.47 Å². The zero-order chi connectivity index (χ0) is 9.97. The molecule has 0 fully saturated rings. The molecule has 4 heteroatoms. The summed E-state index contributed by atoms with van der Waals surface area (Å²) in [6, 6.07) is 4.93. The van der Waals surface area contributed by atoms with Crippen LogP contribution in [0.5, 0.6) is 11.5 Å². The number of halogens is 1. The summed E-state index contributed by atoms with van der Waals surface area (Å²) in [7, 11) is 0. The summed E-state index contributed by atoms with van der Waals surface area (Å²) in [5, 5.41) is 9.26. The SMILES string of the molecule is OC(CF)c1ccc2c(c1)OCCO2. The Labute approximate surface area is 81.1 Å². The lowest BCUT2D eigenvalue weighted by molar-refractivity contribution is 0.139. The fraction of sp³-hybridized carbons (Fsp3) is 0.400. The van der Waals surface area contributed by atoms with Crippen molar-refractivity contribution < 1.29 is 19.0 Å². The Morgan fingerprint density at radius 1 is 1.29 bits per heavy atom. The van der Waals surface area contributed by atoms with Crippen molar-refractivity contribution >= 4 is 0 Å². The van der Waals surface area contributed by atoms with E-state index >= 15 is 0 Å². The van der Waals surface area contributed by atoms with Gasteiger partial charge in [0.1, 0.15) is 26.0 Å².